The van der Waals surface area contributed by atoms with Gasteiger partial charge in [0.05, 0.1) is 4.83 Å². The second-order valence-electron chi connectivity index (χ2n) is 4.01. The lowest BCUT2D eigenvalue weighted by Gasteiger charge is -2.11. The Morgan fingerprint density at radius 3 is 2.19 bits per heavy atom. The molecule has 0 radical (unpaired) electrons. The summed E-state index contributed by atoms with van der Waals surface area (Å²) in [6.07, 6.45) is 0.297. The zero-order valence-electron chi connectivity index (χ0n) is 9.14. The highest BCUT2D eigenvalue weighted by atomic mass is 79.9. The fourth-order valence-corrected chi connectivity index (χ4v) is 2.30. The molecule has 1 atom stereocenters. The Labute approximate surface area is 102 Å². The van der Waals surface area contributed by atoms with Gasteiger partial charge in [-0.05, 0) is 24.1 Å². The van der Waals surface area contributed by atoms with Crippen LogP contribution in [0.15, 0.2) is 18.2 Å². The molecule has 0 bridgehead atoms. The van der Waals surface area contributed by atoms with Crippen LogP contribution < -0.4 is 0 Å². The maximum absolute atomic E-state index is 12.9. The number of halogens is 3. The Morgan fingerprint density at radius 1 is 1.25 bits per heavy atom. The highest BCUT2D eigenvalue weighted by Gasteiger charge is 2.18. The summed E-state index contributed by atoms with van der Waals surface area (Å²) in [6.45, 7) is 3.59. The molecule has 1 nitrogen and oxygen atoms in total. The molecule has 0 fully saturated rings. The smallest absolute Gasteiger partial charge is 0.149 e. The SMILES string of the molecule is CC(C)C(=O)C(Br)Cc1cc(F)cc(F)c1. The Hall–Kier alpha value is -0.770. The first kappa shape index (κ1) is 13.3. The molecule has 4 heteroatoms. The molecule has 0 N–H and O–H groups in total. The molecule has 1 aromatic rings. The van der Waals surface area contributed by atoms with E-state index in [0.717, 1.165) is 6.07 Å². The van der Waals surface area contributed by atoms with Crippen LogP contribution in [0.4, 0.5) is 8.78 Å². The summed E-state index contributed by atoms with van der Waals surface area (Å²) < 4.78 is 25.8. The molecule has 1 unspecified atom stereocenters. The molecule has 88 valence electrons. The highest BCUT2D eigenvalue weighted by molar-refractivity contribution is 9.10. The fourth-order valence-electron chi connectivity index (χ4n) is 1.40. The van der Waals surface area contributed by atoms with Crippen LogP contribution in [-0.4, -0.2) is 10.6 Å². The standard InChI is InChI=1S/C12H13BrF2O/c1-7(2)12(16)11(13)5-8-3-9(14)6-10(15)4-8/h3-4,6-7,11H,5H2,1-2H3. The van der Waals surface area contributed by atoms with Crippen molar-refractivity contribution in [1.82, 2.24) is 0 Å². The first-order valence-electron chi connectivity index (χ1n) is 5.03. The number of alkyl halides is 1. The van der Waals surface area contributed by atoms with E-state index in [9.17, 15) is 13.6 Å². The third-order valence-electron chi connectivity index (χ3n) is 2.22. The van der Waals surface area contributed by atoms with Gasteiger partial charge in [-0.15, -0.1) is 0 Å². The molecule has 0 aliphatic heterocycles. The Bertz CT molecular complexity index is 370. The number of carbonyl (C=O) groups is 1. The van der Waals surface area contributed by atoms with Crippen LogP contribution in [0.5, 0.6) is 0 Å². The molecule has 0 saturated carbocycles. The number of Topliss-reactive ketones (excluding diaryl/α,β-unsaturated/α-hetero) is 1. The number of carbonyl (C=O) groups excluding carboxylic acids is 1. The minimum absolute atomic E-state index is 0.0321. The summed E-state index contributed by atoms with van der Waals surface area (Å²) in [7, 11) is 0. The van der Waals surface area contributed by atoms with Crippen LogP contribution in [0, 0.1) is 17.6 Å². The van der Waals surface area contributed by atoms with Crippen molar-refractivity contribution >= 4 is 21.7 Å². The third kappa shape index (κ3) is 3.67. The zero-order valence-corrected chi connectivity index (χ0v) is 10.7. The van der Waals surface area contributed by atoms with Gasteiger partial charge in [-0.25, -0.2) is 8.78 Å². The van der Waals surface area contributed by atoms with E-state index in [1.165, 1.54) is 12.1 Å². The normalized spacial score (nSPS) is 12.9. The molecule has 0 aliphatic rings. The number of ketones is 1. The number of hydrogen-bond donors (Lipinski definition) is 0. The first-order valence-corrected chi connectivity index (χ1v) is 5.94. The average Bonchev–Trinajstić information content (AvgIpc) is 2.14. The van der Waals surface area contributed by atoms with E-state index in [2.05, 4.69) is 15.9 Å². The predicted molar refractivity (Wildman–Crippen MR) is 62.6 cm³/mol. The van der Waals surface area contributed by atoms with Crippen LogP contribution in [-0.2, 0) is 11.2 Å². The Morgan fingerprint density at radius 2 is 1.75 bits per heavy atom. The Balaban J connectivity index is 2.76. The second kappa shape index (κ2) is 5.53. The summed E-state index contributed by atoms with van der Waals surface area (Å²) in [5.41, 5.74) is 0.480. The van der Waals surface area contributed by atoms with E-state index in [1.54, 1.807) is 13.8 Å². The van der Waals surface area contributed by atoms with Crippen molar-refractivity contribution in [1.29, 1.82) is 0 Å². The van der Waals surface area contributed by atoms with E-state index < -0.39 is 16.5 Å². The van der Waals surface area contributed by atoms with Crippen molar-refractivity contribution in [3.05, 3.63) is 35.4 Å². The van der Waals surface area contributed by atoms with Crippen molar-refractivity contribution in [2.75, 3.05) is 0 Å². The second-order valence-corrected chi connectivity index (χ2v) is 5.11. The van der Waals surface area contributed by atoms with Crippen LogP contribution in [0.1, 0.15) is 19.4 Å². The largest absolute Gasteiger partial charge is 0.298 e. The first-order chi connectivity index (χ1) is 7.40. The lowest BCUT2D eigenvalue weighted by Crippen LogP contribution is -2.21. The van der Waals surface area contributed by atoms with Crippen molar-refractivity contribution in [2.24, 2.45) is 5.92 Å². The quantitative estimate of drug-likeness (QED) is 0.776. The van der Waals surface area contributed by atoms with Gasteiger partial charge in [0.15, 0.2) is 0 Å². The van der Waals surface area contributed by atoms with E-state index in [1.807, 2.05) is 0 Å². The van der Waals surface area contributed by atoms with Gasteiger partial charge in [0.25, 0.3) is 0 Å². The molecule has 16 heavy (non-hydrogen) atoms. The van der Waals surface area contributed by atoms with E-state index in [-0.39, 0.29) is 11.7 Å². The van der Waals surface area contributed by atoms with Crippen LogP contribution >= 0.6 is 15.9 Å². The lowest BCUT2D eigenvalue weighted by molar-refractivity contribution is -0.121. The zero-order chi connectivity index (χ0) is 12.3. The molecule has 0 spiro atoms. The molecule has 0 amide bonds. The maximum atomic E-state index is 12.9. The molecular weight excluding hydrogens is 278 g/mol. The van der Waals surface area contributed by atoms with E-state index in [0.29, 0.717) is 12.0 Å². The van der Waals surface area contributed by atoms with Crippen LogP contribution in [0.3, 0.4) is 0 Å². The van der Waals surface area contributed by atoms with E-state index in [4.69, 9.17) is 0 Å². The predicted octanol–water partition coefficient (Wildman–Crippen LogP) is 3.50. The maximum Gasteiger partial charge on any atom is 0.149 e. The van der Waals surface area contributed by atoms with Gasteiger partial charge in [0.2, 0.25) is 0 Å². The van der Waals surface area contributed by atoms with Crippen molar-refractivity contribution < 1.29 is 13.6 Å². The summed E-state index contributed by atoms with van der Waals surface area (Å²) in [5, 5.41) is 0. The summed E-state index contributed by atoms with van der Waals surface area (Å²) in [4.78, 5) is 11.2. The van der Waals surface area contributed by atoms with Crippen molar-refractivity contribution in [3.8, 4) is 0 Å². The van der Waals surface area contributed by atoms with Gasteiger partial charge in [-0.2, -0.15) is 0 Å². The average molecular weight is 291 g/mol. The topological polar surface area (TPSA) is 17.1 Å². The minimum atomic E-state index is -0.619. The number of benzene rings is 1. The summed E-state index contributed by atoms with van der Waals surface area (Å²) >= 11 is 3.24. The van der Waals surface area contributed by atoms with Gasteiger partial charge < -0.3 is 0 Å². The number of rotatable bonds is 4. The van der Waals surface area contributed by atoms with Crippen molar-refractivity contribution in [3.63, 3.8) is 0 Å². The van der Waals surface area contributed by atoms with Gasteiger partial charge in [0.1, 0.15) is 17.4 Å². The molecule has 1 aromatic carbocycles. The van der Waals surface area contributed by atoms with Crippen molar-refractivity contribution in [2.45, 2.75) is 25.1 Å². The number of hydrogen-bond acceptors (Lipinski definition) is 1. The summed E-state index contributed by atoms with van der Waals surface area (Å²) in [5.74, 6) is -1.30. The monoisotopic (exact) mass is 290 g/mol. The molecule has 0 aliphatic carbocycles. The Kier molecular flexibility index (Phi) is 4.59. The summed E-state index contributed by atoms with van der Waals surface area (Å²) in [6, 6.07) is 3.30. The molecule has 1 rings (SSSR count). The van der Waals surface area contributed by atoms with E-state index >= 15 is 0 Å². The van der Waals surface area contributed by atoms with Crippen LogP contribution in [0.25, 0.3) is 0 Å². The molecule has 0 aromatic heterocycles. The van der Waals surface area contributed by atoms with Crippen LogP contribution in [0.2, 0.25) is 0 Å². The molecular formula is C12H13BrF2O. The van der Waals surface area contributed by atoms with Gasteiger partial charge in [-0.1, -0.05) is 29.8 Å². The van der Waals surface area contributed by atoms with Gasteiger partial charge in [-0.3, -0.25) is 4.79 Å². The highest BCUT2D eigenvalue weighted by Crippen LogP contribution is 2.16. The lowest BCUT2D eigenvalue weighted by atomic mass is 10.0. The molecule has 0 heterocycles. The fraction of sp³-hybridized carbons (Fsp3) is 0.417. The van der Waals surface area contributed by atoms with Gasteiger partial charge >= 0.3 is 0 Å². The third-order valence-corrected chi connectivity index (χ3v) is 2.99. The molecule has 0 saturated heterocycles. The minimum Gasteiger partial charge on any atom is -0.298 e. The van der Waals surface area contributed by atoms with Gasteiger partial charge in [0, 0.05) is 12.0 Å².